The Morgan fingerprint density at radius 3 is 2.26 bits per heavy atom. The monoisotopic (exact) mass is 285 g/mol. The molecule has 0 amide bonds. The van der Waals surface area contributed by atoms with Crippen molar-refractivity contribution in [3.05, 3.63) is 35.9 Å². The van der Waals surface area contributed by atoms with Gasteiger partial charge in [-0.25, -0.2) is 4.79 Å². The van der Waals surface area contributed by atoms with Crippen molar-refractivity contribution in [3.8, 4) is 0 Å². The first kappa shape index (κ1) is 15.6. The van der Waals surface area contributed by atoms with Crippen molar-refractivity contribution in [1.82, 2.24) is 0 Å². The van der Waals surface area contributed by atoms with Crippen molar-refractivity contribution in [2.24, 2.45) is 5.16 Å². The fraction of sp³-hybridized carbons (Fsp3) is 0.333. The second kappa shape index (κ2) is 7.19. The molecule has 7 heteroatoms. The third-order valence-corrected chi connectivity index (χ3v) is 4.09. The summed E-state index contributed by atoms with van der Waals surface area (Å²) in [4.78, 5) is 15.4. The number of hydrogen-bond acceptors (Lipinski definition) is 6. The van der Waals surface area contributed by atoms with Crippen LogP contribution in [-0.4, -0.2) is 32.1 Å². The van der Waals surface area contributed by atoms with Gasteiger partial charge in [0.15, 0.2) is 0 Å². The fourth-order valence-electron chi connectivity index (χ4n) is 1.31. The van der Waals surface area contributed by atoms with E-state index in [4.69, 9.17) is 9.05 Å². The van der Waals surface area contributed by atoms with Gasteiger partial charge in [0, 0.05) is 21.1 Å². The van der Waals surface area contributed by atoms with Crippen molar-refractivity contribution < 1.29 is 23.2 Å². The van der Waals surface area contributed by atoms with E-state index in [1.165, 1.54) is 21.1 Å². The lowest BCUT2D eigenvalue weighted by Crippen LogP contribution is -2.11. The molecular weight excluding hydrogens is 269 g/mol. The van der Waals surface area contributed by atoms with Gasteiger partial charge in [-0.3, -0.25) is 4.57 Å². The van der Waals surface area contributed by atoms with Gasteiger partial charge in [-0.2, -0.15) is 0 Å². The summed E-state index contributed by atoms with van der Waals surface area (Å²) >= 11 is 0. The molecular formula is C12H16NO5P. The van der Waals surface area contributed by atoms with Gasteiger partial charge in [-0.1, -0.05) is 35.5 Å². The van der Waals surface area contributed by atoms with Crippen molar-refractivity contribution in [2.75, 3.05) is 20.4 Å². The van der Waals surface area contributed by atoms with Gasteiger partial charge in [0.25, 0.3) is 0 Å². The molecule has 0 saturated carbocycles. The number of hydrogen-bond donors (Lipinski definition) is 0. The van der Waals surface area contributed by atoms with Crippen LogP contribution in [0.4, 0.5) is 0 Å². The number of nitrogens with zero attached hydrogens (tertiary/aromatic N) is 1. The number of rotatable bonds is 6. The highest BCUT2D eigenvalue weighted by Crippen LogP contribution is 2.46. The summed E-state index contributed by atoms with van der Waals surface area (Å²) < 4.78 is 21.8. The molecule has 0 aliphatic rings. The minimum atomic E-state index is -3.28. The molecule has 104 valence electrons. The molecule has 1 aromatic carbocycles. The van der Waals surface area contributed by atoms with E-state index in [1.54, 1.807) is 24.3 Å². The van der Waals surface area contributed by atoms with Crippen molar-refractivity contribution in [1.29, 1.82) is 0 Å². The summed E-state index contributed by atoms with van der Waals surface area (Å²) in [6.07, 6.45) is -0.0860. The Hall–Kier alpha value is -1.49. The molecule has 6 nitrogen and oxygen atoms in total. The summed E-state index contributed by atoms with van der Waals surface area (Å²) in [6, 6.07) is 8.95. The molecule has 19 heavy (non-hydrogen) atoms. The van der Waals surface area contributed by atoms with E-state index >= 15 is 0 Å². The molecule has 0 aliphatic heterocycles. The van der Waals surface area contributed by atoms with Crippen molar-refractivity contribution in [2.45, 2.75) is 6.92 Å². The second-order valence-electron chi connectivity index (χ2n) is 3.62. The highest BCUT2D eigenvalue weighted by molar-refractivity contribution is 7.54. The molecule has 0 aliphatic carbocycles. The maximum atomic E-state index is 12.1. The molecule has 1 rings (SSSR count). The standard InChI is InChI=1S/C12H16NO5P/c1-10(14)18-13-12(9-19(15,16-2)17-3)11-7-5-4-6-8-11/h4-8H,9H2,1-3H3. The molecule has 0 N–H and O–H groups in total. The van der Waals surface area contributed by atoms with Crippen LogP contribution < -0.4 is 0 Å². The minimum Gasteiger partial charge on any atom is -0.318 e. The van der Waals surface area contributed by atoms with Crippen LogP contribution in [0.2, 0.25) is 0 Å². The Morgan fingerprint density at radius 2 is 1.79 bits per heavy atom. The Labute approximate surface area is 111 Å². The molecule has 0 aromatic heterocycles. The molecule has 0 radical (unpaired) electrons. The van der Waals surface area contributed by atoms with E-state index in [9.17, 15) is 9.36 Å². The van der Waals surface area contributed by atoms with Crippen molar-refractivity contribution >= 4 is 19.3 Å². The number of carbonyl (C=O) groups excluding carboxylic acids is 1. The first-order chi connectivity index (χ1) is 9.00. The quantitative estimate of drug-likeness (QED) is 0.347. The van der Waals surface area contributed by atoms with Gasteiger partial charge in [-0.15, -0.1) is 0 Å². The van der Waals surface area contributed by atoms with Crippen LogP contribution in [0, 0.1) is 0 Å². The predicted molar refractivity (Wildman–Crippen MR) is 71.2 cm³/mol. The largest absolute Gasteiger partial charge is 0.336 e. The van der Waals surface area contributed by atoms with E-state index in [-0.39, 0.29) is 6.16 Å². The summed E-state index contributed by atoms with van der Waals surface area (Å²) in [5.74, 6) is -0.557. The van der Waals surface area contributed by atoms with Crippen molar-refractivity contribution in [3.63, 3.8) is 0 Å². The molecule has 0 spiro atoms. The van der Waals surface area contributed by atoms with Crippen LogP contribution in [0.25, 0.3) is 0 Å². The third-order valence-electron chi connectivity index (χ3n) is 2.29. The van der Waals surface area contributed by atoms with Gasteiger partial charge >= 0.3 is 13.6 Å². The van der Waals surface area contributed by atoms with Gasteiger partial charge in [0.2, 0.25) is 0 Å². The van der Waals surface area contributed by atoms with E-state index in [0.717, 1.165) is 0 Å². The Morgan fingerprint density at radius 1 is 1.21 bits per heavy atom. The summed E-state index contributed by atoms with van der Waals surface area (Å²) in [5, 5.41) is 3.71. The third kappa shape index (κ3) is 4.95. The van der Waals surface area contributed by atoms with Crippen LogP contribution in [0.5, 0.6) is 0 Å². The van der Waals surface area contributed by atoms with E-state index in [1.807, 2.05) is 6.07 Å². The Kier molecular flexibility index (Phi) is 5.89. The lowest BCUT2D eigenvalue weighted by atomic mass is 10.1. The highest BCUT2D eigenvalue weighted by atomic mass is 31.2. The lowest BCUT2D eigenvalue weighted by molar-refractivity contribution is -0.140. The van der Waals surface area contributed by atoms with Crippen LogP contribution in [0.3, 0.4) is 0 Å². The number of carbonyl (C=O) groups is 1. The fourth-order valence-corrected chi connectivity index (χ4v) is 2.32. The van der Waals surface area contributed by atoms with Crippen LogP contribution in [0.1, 0.15) is 12.5 Å². The van der Waals surface area contributed by atoms with Gasteiger partial charge in [0.05, 0.1) is 11.9 Å². The zero-order chi connectivity index (χ0) is 14.3. The molecule has 0 heterocycles. The number of benzene rings is 1. The summed E-state index contributed by atoms with van der Waals surface area (Å²) in [7, 11) is -0.704. The number of oxime groups is 1. The predicted octanol–water partition coefficient (Wildman–Crippen LogP) is 2.44. The van der Waals surface area contributed by atoms with Gasteiger partial charge in [0.1, 0.15) is 0 Å². The van der Waals surface area contributed by atoms with Crippen LogP contribution in [0.15, 0.2) is 35.5 Å². The highest BCUT2D eigenvalue weighted by Gasteiger charge is 2.25. The van der Waals surface area contributed by atoms with E-state index in [2.05, 4.69) is 9.99 Å². The Bertz CT molecular complexity index is 492. The van der Waals surface area contributed by atoms with Crippen LogP contribution in [-0.2, 0) is 23.2 Å². The molecule has 0 fully saturated rings. The molecule has 0 unspecified atom stereocenters. The van der Waals surface area contributed by atoms with Gasteiger partial charge < -0.3 is 13.9 Å². The molecule has 0 bridgehead atoms. The first-order valence-corrected chi connectivity index (χ1v) is 7.24. The Balaban J connectivity index is 3.04. The van der Waals surface area contributed by atoms with E-state index in [0.29, 0.717) is 11.3 Å². The zero-order valence-electron chi connectivity index (χ0n) is 11.0. The minimum absolute atomic E-state index is 0.0860. The summed E-state index contributed by atoms with van der Waals surface area (Å²) in [6.45, 7) is 1.23. The average Bonchev–Trinajstić information content (AvgIpc) is 2.44. The SMILES string of the molecule is COP(=O)(CC(=NOC(C)=O)c1ccccc1)OC. The molecule has 1 aromatic rings. The molecule has 0 saturated heterocycles. The van der Waals surface area contributed by atoms with Gasteiger partial charge in [-0.05, 0) is 5.56 Å². The maximum absolute atomic E-state index is 12.1. The lowest BCUT2D eigenvalue weighted by Gasteiger charge is -2.14. The normalized spacial score (nSPS) is 12.3. The molecule has 0 atom stereocenters. The maximum Gasteiger partial charge on any atom is 0.336 e. The van der Waals surface area contributed by atoms with E-state index < -0.39 is 13.6 Å². The average molecular weight is 285 g/mol. The first-order valence-electron chi connectivity index (χ1n) is 5.51. The smallest absolute Gasteiger partial charge is 0.318 e. The topological polar surface area (TPSA) is 74.2 Å². The second-order valence-corrected chi connectivity index (χ2v) is 5.89. The zero-order valence-corrected chi connectivity index (χ0v) is 11.9. The van der Waals surface area contributed by atoms with Crippen LogP contribution >= 0.6 is 7.60 Å². The summed E-state index contributed by atoms with van der Waals surface area (Å²) in [5.41, 5.74) is 1.00.